The van der Waals surface area contributed by atoms with Crippen LogP contribution in [0.3, 0.4) is 0 Å². The lowest BCUT2D eigenvalue weighted by Crippen LogP contribution is -2.14. The van der Waals surface area contributed by atoms with Gasteiger partial charge in [-0.2, -0.15) is 0 Å². The molecule has 0 N–H and O–H groups in total. The van der Waals surface area contributed by atoms with Crippen LogP contribution in [0.1, 0.15) is 29.2 Å². The van der Waals surface area contributed by atoms with Crippen molar-refractivity contribution in [2.24, 2.45) is 4.99 Å². The fraction of sp³-hybridized carbons (Fsp3) is 0.316. The summed E-state index contributed by atoms with van der Waals surface area (Å²) in [6, 6.07) is 12.6. The molecule has 0 aliphatic heterocycles. The molecule has 0 radical (unpaired) electrons. The first-order valence-electron chi connectivity index (χ1n) is 7.59. The maximum Gasteiger partial charge on any atom is 0.0910 e. The summed E-state index contributed by atoms with van der Waals surface area (Å²) < 4.78 is 0. The van der Waals surface area contributed by atoms with Gasteiger partial charge in [0, 0.05) is 13.6 Å². The lowest BCUT2D eigenvalue weighted by Gasteiger charge is -2.12. The Morgan fingerprint density at radius 3 is 2.55 bits per heavy atom. The third-order valence-corrected chi connectivity index (χ3v) is 4.24. The maximum atomic E-state index is 6.58. The van der Waals surface area contributed by atoms with E-state index in [1.54, 1.807) is 0 Å². The van der Waals surface area contributed by atoms with E-state index in [2.05, 4.69) is 56.1 Å². The molecular formula is C19H23ClN2. The van der Waals surface area contributed by atoms with Crippen molar-refractivity contribution in [3.63, 3.8) is 0 Å². The molecule has 0 atom stereocenters. The van der Waals surface area contributed by atoms with Gasteiger partial charge >= 0.3 is 0 Å². The van der Waals surface area contributed by atoms with Crippen LogP contribution < -0.4 is 0 Å². The third-order valence-electron chi connectivity index (χ3n) is 3.81. The monoisotopic (exact) mass is 314 g/mol. The Balaban J connectivity index is 2.35. The topological polar surface area (TPSA) is 15.6 Å². The third kappa shape index (κ3) is 4.11. The number of nitrogens with zero attached hydrogens (tertiary/aromatic N) is 2. The van der Waals surface area contributed by atoms with Gasteiger partial charge in [0.05, 0.1) is 17.0 Å². The number of rotatable bonds is 5. The molecule has 0 spiro atoms. The molecule has 22 heavy (non-hydrogen) atoms. The largest absolute Gasteiger partial charge is 0.366 e. The predicted octanol–water partition coefficient (Wildman–Crippen LogP) is 5.16. The van der Waals surface area contributed by atoms with Gasteiger partial charge in [-0.15, -0.1) is 0 Å². The first-order valence-corrected chi connectivity index (χ1v) is 7.97. The minimum atomic E-state index is 0.745. The molecule has 0 saturated heterocycles. The van der Waals surface area contributed by atoms with Gasteiger partial charge in [0.25, 0.3) is 0 Å². The zero-order valence-corrected chi connectivity index (χ0v) is 14.5. The van der Waals surface area contributed by atoms with Crippen molar-refractivity contribution in [1.82, 2.24) is 4.90 Å². The molecule has 3 heteroatoms. The second-order valence-electron chi connectivity index (χ2n) is 5.68. The van der Waals surface area contributed by atoms with Gasteiger partial charge < -0.3 is 4.90 Å². The average molecular weight is 315 g/mol. The number of aryl methyl sites for hydroxylation is 2. The lowest BCUT2D eigenvalue weighted by atomic mass is 9.99. The Hall–Kier alpha value is -1.80. The predicted molar refractivity (Wildman–Crippen MR) is 96.6 cm³/mol. The summed E-state index contributed by atoms with van der Waals surface area (Å²) in [5.74, 6) is 0. The van der Waals surface area contributed by atoms with Crippen LogP contribution in [0.4, 0.5) is 5.69 Å². The molecule has 0 saturated carbocycles. The van der Waals surface area contributed by atoms with Gasteiger partial charge in [-0.1, -0.05) is 41.9 Å². The van der Waals surface area contributed by atoms with Crippen molar-refractivity contribution in [1.29, 1.82) is 0 Å². The highest BCUT2D eigenvalue weighted by Gasteiger charge is 2.09. The average Bonchev–Trinajstić information content (AvgIpc) is 2.50. The van der Waals surface area contributed by atoms with Crippen LogP contribution in [0.2, 0.25) is 5.02 Å². The van der Waals surface area contributed by atoms with Crippen molar-refractivity contribution in [3.8, 4) is 0 Å². The van der Waals surface area contributed by atoms with E-state index >= 15 is 0 Å². The fourth-order valence-electron chi connectivity index (χ4n) is 2.30. The molecule has 0 aromatic heterocycles. The molecule has 2 rings (SSSR count). The first-order chi connectivity index (χ1) is 10.5. The van der Waals surface area contributed by atoms with E-state index < -0.39 is 0 Å². The van der Waals surface area contributed by atoms with Crippen molar-refractivity contribution in [2.45, 2.75) is 27.2 Å². The standard InChI is InChI=1S/C19H23ClN2/c1-5-22(4)13-21-18-11-14(2)10-17(19(18)20)12-16-9-7-6-8-15(16)3/h6-11,13H,5,12H2,1-4H3. The van der Waals surface area contributed by atoms with Crippen molar-refractivity contribution in [3.05, 3.63) is 63.7 Å². The van der Waals surface area contributed by atoms with E-state index in [4.69, 9.17) is 11.6 Å². The molecule has 2 aromatic rings. The van der Waals surface area contributed by atoms with Gasteiger partial charge in [0.2, 0.25) is 0 Å². The van der Waals surface area contributed by atoms with Crippen LogP contribution in [-0.4, -0.2) is 24.8 Å². The Morgan fingerprint density at radius 1 is 1.14 bits per heavy atom. The zero-order chi connectivity index (χ0) is 16.1. The van der Waals surface area contributed by atoms with Gasteiger partial charge in [0.1, 0.15) is 0 Å². The molecule has 0 unspecified atom stereocenters. The van der Waals surface area contributed by atoms with Gasteiger partial charge in [-0.3, -0.25) is 0 Å². The Morgan fingerprint density at radius 2 is 1.86 bits per heavy atom. The van der Waals surface area contributed by atoms with E-state index in [9.17, 15) is 0 Å². The van der Waals surface area contributed by atoms with Gasteiger partial charge in [-0.25, -0.2) is 4.99 Å². The van der Waals surface area contributed by atoms with Crippen molar-refractivity contribution >= 4 is 23.6 Å². The van der Waals surface area contributed by atoms with Crippen LogP contribution in [0.15, 0.2) is 41.4 Å². The molecular weight excluding hydrogens is 292 g/mol. The Bertz CT molecular complexity index is 677. The lowest BCUT2D eigenvalue weighted by molar-refractivity contribution is 0.552. The molecule has 0 aliphatic rings. The second-order valence-corrected chi connectivity index (χ2v) is 6.06. The quantitative estimate of drug-likeness (QED) is 0.550. The summed E-state index contributed by atoms with van der Waals surface area (Å²) in [6.45, 7) is 7.23. The van der Waals surface area contributed by atoms with Gasteiger partial charge in [0.15, 0.2) is 0 Å². The minimum absolute atomic E-state index is 0.745. The summed E-state index contributed by atoms with van der Waals surface area (Å²) in [5.41, 5.74) is 5.73. The highest BCUT2D eigenvalue weighted by molar-refractivity contribution is 6.33. The van der Waals surface area contributed by atoms with Crippen LogP contribution in [0.25, 0.3) is 0 Å². The summed E-state index contributed by atoms with van der Waals surface area (Å²) in [7, 11) is 2.00. The van der Waals surface area contributed by atoms with Crippen molar-refractivity contribution in [2.75, 3.05) is 13.6 Å². The van der Waals surface area contributed by atoms with E-state index in [1.165, 1.54) is 16.7 Å². The summed E-state index contributed by atoms with van der Waals surface area (Å²) in [5, 5.41) is 0.745. The number of benzene rings is 2. The number of halogens is 1. The molecule has 0 fully saturated rings. The fourth-order valence-corrected chi connectivity index (χ4v) is 2.53. The van der Waals surface area contributed by atoms with E-state index in [0.717, 1.165) is 29.2 Å². The van der Waals surface area contributed by atoms with E-state index in [-0.39, 0.29) is 0 Å². The molecule has 116 valence electrons. The minimum Gasteiger partial charge on any atom is -0.366 e. The molecule has 0 bridgehead atoms. The summed E-state index contributed by atoms with van der Waals surface area (Å²) >= 11 is 6.58. The van der Waals surface area contributed by atoms with Crippen LogP contribution >= 0.6 is 11.6 Å². The van der Waals surface area contributed by atoms with E-state index in [0.29, 0.717) is 0 Å². The normalized spacial score (nSPS) is 11.1. The van der Waals surface area contributed by atoms with Crippen LogP contribution in [0, 0.1) is 13.8 Å². The molecule has 2 nitrogen and oxygen atoms in total. The Kier molecular flexibility index (Phi) is 5.62. The highest BCUT2D eigenvalue weighted by Crippen LogP contribution is 2.32. The number of hydrogen-bond donors (Lipinski definition) is 0. The zero-order valence-electron chi connectivity index (χ0n) is 13.7. The molecule has 0 heterocycles. The maximum absolute atomic E-state index is 6.58. The highest BCUT2D eigenvalue weighted by atomic mass is 35.5. The summed E-state index contributed by atoms with van der Waals surface area (Å²) in [4.78, 5) is 6.56. The molecule has 0 amide bonds. The first kappa shape index (κ1) is 16.6. The van der Waals surface area contributed by atoms with Crippen molar-refractivity contribution < 1.29 is 0 Å². The SMILES string of the molecule is CCN(C)C=Nc1cc(C)cc(Cc2ccccc2C)c1Cl. The second kappa shape index (κ2) is 7.46. The number of hydrogen-bond acceptors (Lipinski definition) is 1. The Labute approximate surface area is 138 Å². The molecule has 2 aromatic carbocycles. The van der Waals surface area contributed by atoms with E-state index in [1.807, 2.05) is 24.4 Å². The number of aliphatic imine (C=N–C) groups is 1. The molecule has 0 aliphatic carbocycles. The van der Waals surface area contributed by atoms with Crippen LogP contribution in [0.5, 0.6) is 0 Å². The van der Waals surface area contributed by atoms with Gasteiger partial charge in [-0.05, 0) is 55.5 Å². The van der Waals surface area contributed by atoms with Crippen LogP contribution in [-0.2, 0) is 6.42 Å². The smallest absolute Gasteiger partial charge is 0.0910 e. The summed E-state index contributed by atoms with van der Waals surface area (Å²) in [6.07, 6.45) is 2.66.